The third-order valence-electron chi connectivity index (χ3n) is 3.72. The molecule has 2 atom stereocenters. The first kappa shape index (κ1) is 18.5. The molecule has 0 aliphatic rings. The molecule has 0 bridgehead atoms. The lowest BCUT2D eigenvalue weighted by atomic mass is 9.99. The summed E-state index contributed by atoms with van der Waals surface area (Å²) in [6.07, 6.45) is 2.61. The summed E-state index contributed by atoms with van der Waals surface area (Å²) >= 11 is 0. The maximum Gasteiger partial charge on any atom is 0.305 e. The van der Waals surface area contributed by atoms with Gasteiger partial charge in [-0.05, 0) is 36.5 Å². The summed E-state index contributed by atoms with van der Waals surface area (Å²) in [6, 6.07) is 8.19. The quantitative estimate of drug-likeness (QED) is 0.367. The zero-order valence-electron chi connectivity index (χ0n) is 14.1. The van der Waals surface area contributed by atoms with Crippen molar-refractivity contribution in [1.82, 2.24) is 0 Å². The Morgan fingerprint density at radius 1 is 1.14 bits per heavy atom. The maximum atomic E-state index is 11.0. The molecule has 124 valence electrons. The number of ether oxygens (including phenoxy) is 3. The molecule has 4 heteroatoms. The lowest BCUT2D eigenvalue weighted by molar-refractivity contribution is -0.141. The van der Waals surface area contributed by atoms with Crippen molar-refractivity contribution in [3.05, 3.63) is 29.8 Å². The second-order valence-electron chi connectivity index (χ2n) is 5.38. The van der Waals surface area contributed by atoms with E-state index in [0.717, 1.165) is 18.6 Å². The van der Waals surface area contributed by atoms with Gasteiger partial charge in [0.25, 0.3) is 0 Å². The highest BCUT2D eigenvalue weighted by atomic mass is 16.7. The summed E-state index contributed by atoms with van der Waals surface area (Å²) in [5, 5.41) is 0. The van der Waals surface area contributed by atoms with E-state index >= 15 is 0 Å². The first-order valence-electron chi connectivity index (χ1n) is 8.05. The molecule has 0 saturated carbocycles. The van der Waals surface area contributed by atoms with Gasteiger partial charge in [0.1, 0.15) is 5.75 Å². The van der Waals surface area contributed by atoms with E-state index in [-0.39, 0.29) is 12.3 Å². The fourth-order valence-electron chi connectivity index (χ4n) is 2.03. The summed E-state index contributed by atoms with van der Waals surface area (Å²) in [5.41, 5.74) is 1.32. The molecule has 0 heterocycles. The average Bonchev–Trinajstić information content (AvgIpc) is 2.57. The van der Waals surface area contributed by atoms with Crippen molar-refractivity contribution < 1.29 is 19.0 Å². The van der Waals surface area contributed by atoms with Crippen molar-refractivity contribution in [2.75, 3.05) is 13.7 Å². The van der Waals surface area contributed by atoms with Crippen molar-refractivity contribution >= 4 is 5.97 Å². The monoisotopic (exact) mass is 308 g/mol. The Morgan fingerprint density at radius 3 is 2.36 bits per heavy atom. The van der Waals surface area contributed by atoms with Crippen molar-refractivity contribution in [2.24, 2.45) is 0 Å². The van der Waals surface area contributed by atoms with Crippen LogP contribution in [0.5, 0.6) is 5.75 Å². The summed E-state index contributed by atoms with van der Waals surface area (Å²) in [4.78, 5) is 11.0. The Balaban J connectivity index is 2.40. The number of esters is 1. The van der Waals surface area contributed by atoms with Crippen molar-refractivity contribution in [3.63, 3.8) is 0 Å². The summed E-state index contributed by atoms with van der Waals surface area (Å²) in [5.74, 6) is 1.16. The zero-order valence-corrected chi connectivity index (χ0v) is 14.1. The Kier molecular flexibility index (Phi) is 8.60. The Bertz CT molecular complexity index is 427. The van der Waals surface area contributed by atoms with E-state index in [0.29, 0.717) is 25.4 Å². The number of methoxy groups -OCH3 is 1. The van der Waals surface area contributed by atoms with Crippen LogP contribution in [-0.2, 0) is 14.3 Å². The Hall–Kier alpha value is -1.55. The smallest absolute Gasteiger partial charge is 0.305 e. The zero-order chi connectivity index (χ0) is 16.4. The van der Waals surface area contributed by atoms with E-state index in [2.05, 4.69) is 30.7 Å². The molecular formula is C18H28O4. The normalized spacial score (nSPS) is 13.5. The van der Waals surface area contributed by atoms with E-state index in [9.17, 15) is 4.79 Å². The van der Waals surface area contributed by atoms with Crippen molar-refractivity contribution in [3.8, 4) is 5.75 Å². The van der Waals surface area contributed by atoms with Crippen LogP contribution < -0.4 is 4.74 Å². The van der Waals surface area contributed by atoms with Crippen LogP contribution in [0.15, 0.2) is 24.3 Å². The fourth-order valence-corrected chi connectivity index (χ4v) is 2.03. The van der Waals surface area contributed by atoms with Crippen LogP contribution in [0.2, 0.25) is 0 Å². The third-order valence-corrected chi connectivity index (χ3v) is 3.72. The highest BCUT2D eigenvalue weighted by Crippen LogP contribution is 2.22. The standard InChI is InChI=1S/C18H28O4/c1-5-14(3)15-9-11-16(12-10-15)22-18(6-2)21-13-7-8-17(19)20-4/h9-12,14,18H,5-8,13H2,1-4H3. The first-order valence-corrected chi connectivity index (χ1v) is 8.05. The van der Waals surface area contributed by atoms with Gasteiger partial charge in [-0.1, -0.05) is 32.9 Å². The molecule has 0 amide bonds. The molecule has 4 nitrogen and oxygen atoms in total. The predicted octanol–water partition coefficient (Wildman–Crippen LogP) is 4.28. The Labute approximate surface area is 133 Å². The molecule has 1 aromatic carbocycles. The van der Waals surface area contributed by atoms with E-state index in [1.54, 1.807) is 0 Å². The molecule has 0 N–H and O–H groups in total. The number of rotatable bonds is 10. The summed E-state index contributed by atoms with van der Waals surface area (Å²) in [6.45, 7) is 6.90. The summed E-state index contributed by atoms with van der Waals surface area (Å²) < 4.78 is 16.1. The predicted molar refractivity (Wildman–Crippen MR) is 87.1 cm³/mol. The first-order chi connectivity index (χ1) is 10.6. The molecule has 0 spiro atoms. The molecule has 22 heavy (non-hydrogen) atoms. The van der Waals surface area contributed by atoms with Crippen LogP contribution >= 0.6 is 0 Å². The van der Waals surface area contributed by atoms with Crippen LogP contribution in [0.4, 0.5) is 0 Å². The molecule has 0 aromatic heterocycles. The number of benzene rings is 1. The Morgan fingerprint density at radius 2 is 1.82 bits per heavy atom. The minimum absolute atomic E-state index is 0.210. The van der Waals surface area contributed by atoms with Gasteiger partial charge >= 0.3 is 5.97 Å². The molecular weight excluding hydrogens is 280 g/mol. The largest absolute Gasteiger partial charge is 0.469 e. The molecule has 0 aliphatic carbocycles. The second-order valence-corrected chi connectivity index (χ2v) is 5.38. The van der Waals surface area contributed by atoms with E-state index in [4.69, 9.17) is 9.47 Å². The van der Waals surface area contributed by atoms with Crippen LogP contribution in [-0.4, -0.2) is 26.0 Å². The average molecular weight is 308 g/mol. The molecule has 2 unspecified atom stereocenters. The maximum absolute atomic E-state index is 11.0. The highest BCUT2D eigenvalue weighted by molar-refractivity contribution is 5.68. The molecule has 1 aromatic rings. The van der Waals surface area contributed by atoms with Crippen molar-refractivity contribution in [1.29, 1.82) is 0 Å². The molecule has 0 aliphatic heterocycles. The van der Waals surface area contributed by atoms with Gasteiger partial charge in [0.15, 0.2) is 6.29 Å². The molecule has 0 radical (unpaired) electrons. The number of carbonyl (C=O) groups excluding carboxylic acids is 1. The lowest BCUT2D eigenvalue weighted by Crippen LogP contribution is -2.20. The van der Waals surface area contributed by atoms with Crippen LogP contribution in [0.3, 0.4) is 0 Å². The number of hydrogen-bond donors (Lipinski definition) is 0. The molecule has 1 rings (SSSR count). The van der Waals surface area contributed by atoms with E-state index in [1.165, 1.54) is 12.7 Å². The third kappa shape index (κ3) is 6.48. The topological polar surface area (TPSA) is 44.8 Å². The van der Waals surface area contributed by atoms with Gasteiger partial charge in [0.2, 0.25) is 0 Å². The number of carbonyl (C=O) groups is 1. The lowest BCUT2D eigenvalue weighted by Gasteiger charge is -2.18. The van der Waals surface area contributed by atoms with E-state index in [1.807, 2.05) is 19.1 Å². The van der Waals surface area contributed by atoms with Gasteiger partial charge in [-0.25, -0.2) is 0 Å². The van der Waals surface area contributed by atoms with Crippen LogP contribution in [0.25, 0.3) is 0 Å². The molecule has 0 fully saturated rings. The highest BCUT2D eigenvalue weighted by Gasteiger charge is 2.10. The van der Waals surface area contributed by atoms with Crippen LogP contribution in [0, 0.1) is 0 Å². The minimum Gasteiger partial charge on any atom is -0.469 e. The SMILES string of the molecule is CCC(OCCCC(=O)OC)Oc1ccc(C(C)CC)cc1. The minimum atomic E-state index is -0.285. The van der Waals surface area contributed by atoms with Gasteiger partial charge in [0.05, 0.1) is 13.7 Å². The van der Waals surface area contributed by atoms with Gasteiger partial charge < -0.3 is 14.2 Å². The van der Waals surface area contributed by atoms with Gasteiger partial charge in [-0.3, -0.25) is 4.79 Å². The van der Waals surface area contributed by atoms with Crippen LogP contribution in [0.1, 0.15) is 57.9 Å². The van der Waals surface area contributed by atoms with Gasteiger partial charge in [0, 0.05) is 12.8 Å². The van der Waals surface area contributed by atoms with Gasteiger partial charge in [-0.15, -0.1) is 0 Å². The number of hydrogen-bond acceptors (Lipinski definition) is 4. The summed E-state index contributed by atoms with van der Waals surface area (Å²) in [7, 11) is 1.39. The van der Waals surface area contributed by atoms with Crippen molar-refractivity contribution in [2.45, 2.75) is 58.7 Å². The van der Waals surface area contributed by atoms with E-state index < -0.39 is 0 Å². The fraction of sp³-hybridized carbons (Fsp3) is 0.611. The molecule has 0 saturated heterocycles. The van der Waals surface area contributed by atoms with Gasteiger partial charge in [-0.2, -0.15) is 0 Å². The second kappa shape index (κ2) is 10.2.